The van der Waals surface area contributed by atoms with Gasteiger partial charge in [-0.2, -0.15) is 0 Å². The SMILES string of the molecule is COC(=O)c1cc2cc(NC(=O)c3cc4cc(C)c(C)cc4o3)ccc2o1. The number of benzene rings is 2. The number of esters is 1. The van der Waals surface area contributed by atoms with Crippen LogP contribution in [-0.4, -0.2) is 19.0 Å². The summed E-state index contributed by atoms with van der Waals surface area (Å²) in [6.07, 6.45) is 0. The third-order valence-electron chi connectivity index (χ3n) is 4.52. The van der Waals surface area contributed by atoms with Gasteiger partial charge in [0.25, 0.3) is 5.91 Å². The van der Waals surface area contributed by atoms with E-state index in [1.807, 2.05) is 26.0 Å². The molecule has 2 heterocycles. The number of anilines is 1. The summed E-state index contributed by atoms with van der Waals surface area (Å²) in [4.78, 5) is 24.1. The van der Waals surface area contributed by atoms with Gasteiger partial charge in [0, 0.05) is 16.5 Å². The normalized spacial score (nSPS) is 11.1. The molecule has 0 aliphatic carbocycles. The molecule has 0 saturated heterocycles. The molecule has 0 unspecified atom stereocenters. The maximum Gasteiger partial charge on any atom is 0.373 e. The first-order valence-electron chi connectivity index (χ1n) is 8.38. The summed E-state index contributed by atoms with van der Waals surface area (Å²) in [6, 6.07) is 12.3. The molecule has 0 bridgehead atoms. The summed E-state index contributed by atoms with van der Waals surface area (Å²) >= 11 is 0. The number of rotatable bonds is 3. The quantitative estimate of drug-likeness (QED) is 0.527. The molecule has 0 radical (unpaired) electrons. The van der Waals surface area contributed by atoms with E-state index in [0.29, 0.717) is 22.2 Å². The van der Waals surface area contributed by atoms with Gasteiger partial charge in [-0.25, -0.2) is 4.79 Å². The number of carbonyl (C=O) groups excluding carboxylic acids is 2. The minimum atomic E-state index is -0.551. The highest BCUT2D eigenvalue weighted by Crippen LogP contribution is 2.26. The number of furan rings is 2. The number of hydrogen-bond acceptors (Lipinski definition) is 5. The van der Waals surface area contributed by atoms with Crippen LogP contribution in [0, 0.1) is 13.8 Å². The fraction of sp³-hybridized carbons (Fsp3) is 0.143. The van der Waals surface area contributed by atoms with Crippen LogP contribution in [0.3, 0.4) is 0 Å². The van der Waals surface area contributed by atoms with Crippen LogP contribution in [0.2, 0.25) is 0 Å². The molecular formula is C21H17NO5. The first kappa shape index (κ1) is 16.9. The molecule has 0 saturated carbocycles. The van der Waals surface area contributed by atoms with Gasteiger partial charge in [0.2, 0.25) is 5.76 Å². The smallest absolute Gasteiger partial charge is 0.373 e. The predicted molar refractivity (Wildman–Crippen MR) is 101 cm³/mol. The molecule has 0 spiro atoms. The molecule has 27 heavy (non-hydrogen) atoms. The molecule has 4 aromatic rings. The Labute approximate surface area is 154 Å². The molecule has 6 nitrogen and oxygen atoms in total. The van der Waals surface area contributed by atoms with Crippen LogP contribution in [0.15, 0.2) is 51.3 Å². The van der Waals surface area contributed by atoms with Gasteiger partial charge in [0.15, 0.2) is 5.76 Å². The second-order valence-corrected chi connectivity index (χ2v) is 6.39. The minimum absolute atomic E-state index is 0.110. The van der Waals surface area contributed by atoms with Crippen molar-refractivity contribution in [3.8, 4) is 0 Å². The largest absolute Gasteiger partial charge is 0.463 e. The molecule has 2 aromatic carbocycles. The van der Waals surface area contributed by atoms with Crippen molar-refractivity contribution in [2.24, 2.45) is 0 Å². The Hall–Kier alpha value is -3.54. The van der Waals surface area contributed by atoms with Gasteiger partial charge in [0.05, 0.1) is 7.11 Å². The molecule has 2 aromatic heterocycles. The number of fused-ring (bicyclic) bond motifs is 2. The van der Waals surface area contributed by atoms with Crippen molar-refractivity contribution in [3.63, 3.8) is 0 Å². The van der Waals surface area contributed by atoms with E-state index in [1.165, 1.54) is 7.11 Å². The van der Waals surface area contributed by atoms with Crippen molar-refractivity contribution < 1.29 is 23.2 Å². The van der Waals surface area contributed by atoms with Crippen molar-refractivity contribution in [1.82, 2.24) is 0 Å². The highest BCUT2D eigenvalue weighted by molar-refractivity contribution is 6.05. The van der Waals surface area contributed by atoms with Gasteiger partial charge in [-0.3, -0.25) is 4.79 Å². The Morgan fingerprint density at radius 2 is 1.52 bits per heavy atom. The van der Waals surface area contributed by atoms with E-state index >= 15 is 0 Å². The summed E-state index contributed by atoms with van der Waals surface area (Å²) < 4.78 is 15.8. The molecule has 1 amide bonds. The summed E-state index contributed by atoms with van der Waals surface area (Å²) in [7, 11) is 1.29. The van der Waals surface area contributed by atoms with E-state index in [9.17, 15) is 9.59 Å². The van der Waals surface area contributed by atoms with Gasteiger partial charge in [0.1, 0.15) is 11.2 Å². The van der Waals surface area contributed by atoms with Crippen LogP contribution in [0.1, 0.15) is 32.2 Å². The monoisotopic (exact) mass is 363 g/mol. The van der Waals surface area contributed by atoms with Gasteiger partial charge in [-0.05, 0) is 67.4 Å². The second kappa shape index (κ2) is 6.32. The Kier molecular flexibility index (Phi) is 3.96. The van der Waals surface area contributed by atoms with Gasteiger partial charge in [-0.15, -0.1) is 0 Å². The molecule has 6 heteroatoms. The van der Waals surface area contributed by atoms with Crippen molar-refractivity contribution in [2.75, 3.05) is 12.4 Å². The van der Waals surface area contributed by atoms with Gasteiger partial charge >= 0.3 is 5.97 Å². The molecule has 0 fully saturated rings. The molecule has 0 aliphatic rings. The van der Waals surface area contributed by atoms with Gasteiger partial charge < -0.3 is 18.9 Å². The third-order valence-corrected chi connectivity index (χ3v) is 4.52. The molecule has 0 aliphatic heterocycles. The Morgan fingerprint density at radius 3 is 2.30 bits per heavy atom. The summed E-state index contributed by atoms with van der Waals surface area (Å²) in [5.74, 6) is -0.557. The first-order valence-corrected chi connectivity index (χ1v) is 8.38. The van der Waals surface area contributed by atoms with E-state index in [4.69, 9.17) is 8.83 Å². The van der Waals surface area contributed by atoms with E-state index in [1.54, 1.807) is 30.3 Å². The van der Waals surface area contributed by atoms with Crippen molar-refractivity contribution in [1.29, 1.82) is 0 Å². The highest BCUT2D eigenvalue weighted by Gasteiger charge is 2.16. The van der Waals surface area contributed by atoms with Crippen molar-refractivity contribution in [3.05, 3.63) is 65.1 Å². The zero-order chi connectivity index (χ0) is 19.1. The number of hydrogen-bond donors (Lipinski definition) is 1. The number of ether oxygens (including phenoxy) is 1. The first-order chi connectivity index (χ1) is 12.9. The lowest BCUT2D eigenvalue weighted by Gasteiger charge is -2.02. The van der Waals surface area contributed by atoms with Crippen LogP contribution in [0.4, 0.5) is 5.69 Å². The van der Waals surface area contributed by atoms with Crippen molar-refractivity contribution in [2.45, 2.75) is 13.8 Å². The Balaban J connectivity index is 1.61. The third kappa shape index (κ3) is 3.06. The minimum Gasteiger partial charge on any atom is -0.463 e. The number of carbonyl (C=O) groups is 2. The lowest BCUT2D eigenvalue weighted by atomic mass is 10.1. The van der Waals surface area contributed by atoms with Crippen molar-refractivity contribution >= 4 is 39.5 Å². The van der Waals surface area contributed by atoms with E-state index in [-0.39, 0.29) is 17.4 Å². The zero-order valence-electron chi connectivity index (χ0n) is 15.1. The molecule has 4 rings (SSSR count). The average Bonchev–Trinajstić information content (AvgIpc) is 3.25. The highest BCUT2D eigenvalue weighted by atomic mass is 16.5. The van der Waals surface area contributed by atoms with E-state index < -0.39 is 5.97 Å². The molecule has 136 valence electrons. The number of nitrogens with one attached hydrogen (secondary N) is 1. The lowest BCUT2D eigenvalue weighted by molar-refractivity contribution is 0.0567. The van der Waals surface area contributed by atoms with E-state index in [2.05, 4.69) is 10.1 Å². The zero-order valence-corrected chi connectivity index (χ0v) is 15.1. The van der Waals surface area contributed by atoms with Crippen LogP contribution in [0.5, 0.6) is 0 Å². The van der Waals surface area contributed by atoms with Crippen LogP contribution >= 0.6 is 0 Å². The standard InChI is InChI=1S/C21H17NO5/c1-11-6-13-9-18(27-17(13)7-12(11)2)20(23)22-15-4-5-16-14(8-15)10-19(26-16)21(24)25-3/h4-10H,1-3H3,(H,22,23). The van der Waals surface area contributed by atoms with Crippen LogP contribution < -0.4 is 5.32 Å². The molecule has 0 atom stereocenters. The summed E-state index contributed by atoms with van der Waals surface area (Å²) in [6.45, 7) is 4.02. The summed E-state index contributed by atoms with van der Waals surface area (Å²) in [5, 5.41) is 4.37. The average molecular weight is 363 g/mol. The summed E-state index contributed by atoms with van der Waals surface area (Å²) in [5.41, 5.74) is 4.02. The van der Waals surface area contributed by atoms with Crippen LogP contribution in [0.25, 0.3) is 21.9 Å². The van der Waals surface area contributed by atoms with Crippen LogP contribution in [-0.2, 0) is 4.74 Å². The number of methoxy groups -OCH3 is 1. The lowest BCUT2D eigenvalue weighted by Crippen LogP contribution is -2.10. The second-order valence-electron chi connectivity index (χ2n) is 6.39. The Bertz CT molecular complexity index is 1160. The topological polar surface area (TPSA) is 81.7 Å². The van der Waals surface area contributed by atoms with Gasteiger partial charge in [-0.1, -0.05) is 0 Å². The molecular weight excluding hydrogens is 346 g/mol. The maximum absolute atomic E-state index is 12.5. The maximum atomic E-state index is 12.5. The number of amides is 1. The fourth-order valence-electron chi connectivity index (χ4n) is 2.93. The Morgan fingerprint density at radius 1 is 0.852 bits per heavy atom. The molecule has 1 N–H and O–H groups in total. The predicted octanol–water partition coefficient (Wildman–Crippen LogP) is 4.83. The fourth-order valence-corrected chi connectivity index (χ4v) is 2.93. The van der Waals surface area contributed by atoms with E-state index in [0.717, 1.165) is 16.5 Å². The number of aryl methyl sites for hydroxylation is 2.